The fraction of sp³-hybridized carbons (Fsp3) is 0.273. The van der Waals surface area contributed by atoms with Crippen LogP contribution in [0.2, 0.25) is 4.34 Å². The highest BCUT2D eigenvalue weighted by atomic mass is 79.9. The van der Waals surface area contributed by atoms with Gasteiger partial charge in [0.25, 0.3) is 0 Å². The van der Waals surface area contributed by atoms with Crippen LogP contribution in [0, 0.1) is 0 Å². The Hall–Kier alpha value is -0.850. The summed E-state index contributed by atoms with van der Waals surface area (Å²) in [6, 6.07) is 3.96. The molecular formula is C11H12BrClN4S. The van der Waals surface area contributed by atoms with Crippen molar-refractivity contribution in [2.24, 2.45) is 0 Å². The Morgan fingerprint density at radius 2 is 2.11 bits per heavy atom. The summed E-state index contributed by atoms with van der Waals surface area (Å²) in [7, 11) is 1.82. The Morgan fingerprint density at radius 3 is 2.78 bits per heavy atom. The minimum atomic E-state index is 0.770. The van der Waals surface area contributed by atoms with Crippen LogP contribution in [0.4, 0.5) is 11.6 Å². The smallest absolute Gasteiger partial charge is 0.145 e. The second-order valence-electron chi connectivity index (χ2n) is 3.52. The number of hydrogen-bond donors (Lipinski definition) is 2. The van der Waals surface area contributed by atoms with Gasteiger partial charge in [-0.15, -0.1) is 11.3 Å². The molecule has 0 radical (unpaired) electrons. The van der Waals surface area contributed by atoms with Crippen molar-refractivity contribution in [1.29, 1.82) is 0 Å². The summed E-state index contributed by atoms with van der Waals surface area (Å²) < 4.78 is 1.67. The average molecular weight is 348 g/mol. The zero-order valence-electron chi connectivity index (χ0n) is 9.70. The molecule has 0 amide bonds. The van der Waals surface area contributed by atoms with Gasteiger partial charge in [0.1, 0.15) is 22.4 Å². The number of nitrogens with one attached hydrogen (secondary N) is 2. The summed E-state index contributed by atoms with van der Waals surface area (Å²) in [4.78, 5) is 9.55. The van der Waals surface area contributed by atoms with E-state index in [1.165, 1.54) is 11.2 Å². The lowest BCUT2D eigenvalue weighted by atomic mass is 10.3. The predicted octanol–water partition coefficient (Wildman–Crippen LogP) is 3.65. The Morgan fingerprint density at radius 1 is 1.33 bits per heavy atom. The van der Waals surface area contributed by atoms with Crippen molar-refractivity contribution in [1.82, 2.24) is 9.97 Å². The fourth-order valence-electron chi connectivity index (χ4n) is 1.46. The number of aromatic nitrogens is 2. The monoisotopic (exact) mass is 346 g/mol. The molecule has 0 aliphatic carbocycles. The largest absolute Gasteiger partial charge is 0.372 e. The molecule has 2 aromatic heterocycles. The molecule has 18 heavy (non-hydrogen) atoms. The van der Waals surface area contributed by atoms with Crippen LogP contribution in [0.15, 0.2) is 22.9 Å². The maximum absolute atomic E-state index is 5.88. The summed E-state index contributed by atoms with van der Waals surface area (Å²) in [6.07, 6.45) is 2.45. The number of nitrogens with zero attached hydrogens (tertiary/aromatic N) is 2. The SMILES string of the molecule is CNc1ncnc(NCCc2ccc(Cl)s2)c1Br. The van der Waals surface area contributed by atoms with Crippen LogP contribution in [-0.2, 0) is 6.42 Å². The van der Waals surface area contributed by atoms with E-state index in [-0.39, 0.29) is 0 Å². The third-order valence-corrected chi connectivity index (χ3v) is 4.36. The predicted molar refractivity (Wildman–Crippen MR) is 80.8 cm³/mol. The molecule has 2 N–H and O–H groups in total. The van der Waals surface area contributed by atoms with E-state index < -0.39 is 0 Å². The van der Waals surface area contributed by atoms with E-state index in [9.17, 15) is 0 Å². The normalized spacial score (nSPS) is 10.4. The number of hydrogen-bond acceptors (Lipinski definition) is 5. The average Bonchev–Trinajstić information content (AvgIpc) is 2.77. The van der Waals surface area contributed by atoms with Crippen LogP contribution >= 0.6 is 38.9 Å². The molecule has 7 heteroatoms. The molecule has 4 nitrogen and oxygen atoms in total. The third-order valence-electron chi connectivity index (χ3n) is 2.32. The molecule has 0 saturated carbocycles. The lowest BCUT2D eigenvalue weighted by molar-refractivity contribution is 1.01. The van der Waals surface area contributed by atoms with E-state index in [1.807, 2.05) is 19.2 Å². The summed E-state index contributed by atoms with van der Waals surface area (Å²) >= 11 is 10.9. The molecule has 0 spiro atoms. The molecule has 0 fully saturated rings. The fourth-order valence-corrected chi connectivity index (χ4v) is 3.09. The van der Waals surface area contributed by atoms with Crippen molar-refractivity contribution in [2.45, 2.75) is 6.42 Å². The van der Waals surface area contributed by atoms with Crippen LogP contribution < -0.4 is 10.6 Å². The van der Waals surface area contributed by atoms with Crippen molar-refractivity contribution in [3.63, 3.8) is 0 Å². The van der Waals surface area contributed by atoms with Crippen molar-refractivity contribution < 1.29 is 0 Å². The lowest BCUT2D eigenvalue weighted by Gasteiger charge is -2.09. The van der Waals surface area contributed by atoms with E-state index in [2.05, 4.69) is 36.5 Å². The first-order valence-corrected chi connectivity index (χ1v) is 7.36. The summed E-state index contributed by atoms with van der Waals surface area (Å²) in [5.74, 6) is 1.56. The molecule has 96 valence electrons. The highest BCUT2D eigenvalue weighted by molar-refractivity contribution is 9.10. The number of rotatable bonds is 5. The van der Waals surface area contributed by atoms with Crippen LogP contribution in [0.25, 0.3) is 0 Å². The second-order valence-corrected chi connectivity index (χ2v) is 6.11. The van der Waals surface area contributed by atoms with Crippen molar-refractivity contribution in [3.05, 3.63) is 32.1 Å². The zero-order valence-corrected chi connectivity index (χ0v) is 12.9. The Balaban J connectivity index is 1.94. The topological polar surface area (TPSA) is 49.8 Å². The quantitative estimate of drug-likeness (QED) is 0.867. The van der Waals surface area contributed by atoms with Crippen molar-refractivity contribution >= 4 is 50.5 Å². The molecule has 0 aliphatic heterocycles. The van der Waals surface area contributed by atoms with Gasteiger partial charge in [-0.3, -0.25) is 0 Å². The molecular weight excluding hydrogens is 336 g/mol. The van der Waals surface area contributed by atoms with Crippen LogP contribution in [0.1, 0.15) is 4.88 Å². The molecule has 0 bridgehead atoms. The molecule has 2 heterocycles. The molecule has 0 aliphatic rings. The first-order valence-electron chi connectivity index (χ1n) is 5.37. The number of halogens is 2. The van der Waals surface area contributed by atoms with Gasteiger partial charge in [-0.05, 0) is 34.5 Å². The first kappa shape index (κ1) is 13.6. The second kappa shape index (κ2) is 6.36. The molecule has 0 aromatic carbocycles. The molecule has 0 atom stereocenters. The van der Waals surface area contributed by atoms with Gasteiger partial charge < -0.3 is 10.6 Å². The van der Waals surface area contributed by atoms with Gasteiger partial charge in [-0.1, -0.05) is 11.6 Å². The van der Waals surface area contributed by atoms with E-state index in [1.54, 1.807) is 11.3 Å². The Labute approximate surface area is 123 Å². The van der Waals surface area contributed by atoms with Crippen molar-refractivity contribution in [2.75, 3.05) is 24.2 Å². The van der Waals surface area contributed by atoms with Gasteiger partial charge in [0.05, 0.1) is 4.34 Å². The molecule has 2 aromatic rings. The summed E-state index contributed by atoms with van der Waals surface area (Å²) in [5, 5.41) is 6.26. The van der Waals surface area contributed by atoms with Gasteiger partial charge in [0.2, 0.25) is 0 Å². The summed E-state index contributed by atoms with van der Waals surface area (Å²) in [5.41, 5.74) is 0. The number of anilines is 2. The molecule has 2 rings (SSSR count). The Bertz CT molecular complexity index is 532. The van der Waals surface area contributed by atoms with Gasteiger partial charge in [-0.2, -0.15) is 0 Å². The lowest BCUT2D eigenvalue weighted by Crippen LogP contribution is -2.07. The van der Waals surface area contributed by atoms with E-state index in [0.29, 0.717) is 0 Å². The van der Waals surface area contributed by atoms with E-state index in [0.717, 1.165) is 33.4 Å². The van der Waals surface area contributed by atoms with Gasteiger partial charge in [0.15, 0.2) is 0 Å². The zero-order chi connectivity index (χ0) is 13.0. The molecule has 0 saturated heterocycles. The maximum atomic E-state index is 5.88. The van der Waals surface area contributed by atoms with Gasteiger partial charge in [-0.25, -0.2) is 9.97 Å². The maximum Gasteiger partial charge on any atom is 0.145 e. The van der Waals surface area contributed by atoms with E-state index in [4.69, 9.17) is 11.6 Å². The molecule has 0 unspecified atom stereocenters. The van der Waals surface area contributed by atoms with Crippen LogP contribution in [0.5, 0.6) is 0 Å². The van der Waals surface area contributed by atoms with E-state index >= 15 is 0 Å². The van der Waals surface area contributed by atoms with Gasteiger partial charge in [0, 0.05) is 18.5 Å². The third kappa shape index (κ3) is 3.34. The highest BCUT2D eigenvalue weighted by Gasteiger charge is 2.06. The minimum absolute atomic E-state index is 0.770. The standard InChI is InChI=1S/C11H12BrClN4S/c1-14-10-9(12)11(17-6-16-10)15-5-4-7-2-3-8(13)18-7/h2-3,6H,4-5H2,1H3,(H2,14,15,16,17). The van der Waals surface area contributed by atoms with Crippen molar-refractivity contribution in [3.8, 4) is 0 Å². The van der Waals surface area contributed by atoms with Crippen LogP contribution in [-0.4, -0.2) is 23.6 Å². The Kier molecular flexibility index (Phi) is 4.79. The highest BCUT2D eigenvalue weighted by Crippen LogP contribution is 2.26. The first-order chi connectivity index (χ1) is 8.70. The minimum Gasteiger partial charge on any atom is -0.372 e. The number of thiophene rings is 1. The van der Waals surface area contributed by atoms with Crippen LogP contribution in [0.3, 0.4) is 0 Å². The van der Waals surface area contributed by atoms with Gasteiger partial charge >= 0.3 is 0 Å². The summed E-state index contributed by atoms with van der Waals surface area (Å²) in [6.45, 7) is 0.801.